The summed E-state index contributed by atoms with van der Waals surface area (Å²) in [6.45, 7) is 4.08. The van der Waals surface area contributed by atoms with Crippen molar-refractivity contribution in [1.82, 2.24) is 10.3 Å². The minimum absolute atomic E-state index is 0.281. The Labute approximate surface area is 217 Å². The Balaban J connectivity index is 1.65. The van der Waals surface area contributed by atoms with Gasteiger partial charge in [-0.25, -0.2) is 4.79 Å². The molecule has 3 aromatic rings. The number of benzene rings is 2. The van der Waals surface area contributed by atoms with Crippen molar-refractivity contribution in [3.8, 4) is 0 Å². The number of amides is 1. The van der Waals surface area contributed by atoms with E-state index in [0.717, 1.165) is 34.2 Å². The van der Waals surface area contributed by atoms with Gasteiger partial charge < -0.3 is 21.1 Å². The number of carbonyl (C=O) groups is 2. The summed E-state index contributed by atoms with van der Waals surface area (Å²) in [6, 6.07) is 15.7. The van der Waals surface area contributed by atoms with Gasteiger partial charge in [-0.15, -0.1) is 0 Å². The maximum absolute atomic E-state index is 12.5. The highest BCUT2D eigenvalue weighted by Gasteiger charge is 2.23. The first-order valence-electron chi connectivity index (χ1n) is 11.8. The SMILES string of the molecule is CCc1cccc(C)c1C(=S)N[C@@H](Cc1ccc(NC(=O)C(N)Cc2cccnc2)cc1)C(=O)OC. The number of aromatic nitrogens is 1. The van der Waals surface area contributed by atoms with Crippen molar-refractivity contribution in [3.05, 3.63) is 94.8 Å². The molecule has 2 aromatic carbocycles. The Hall–Kier alpha value is -3.62. The zero-order valence-electron chi connectivity index (χ0n) is 20.8. The van der Waals surface area contributed by atoms with Gasteiger partial charge in [0.1, 0.15) is 11.0 Å². The molecule has 0 spiro atoms. The van der Waals surface area contributed by atoms with Crippen LogP contribution < -0.4 is 16.4 Å². The molecule has 1 heterocycles. The highest BCUT2D eigenvalue weighted by Crippen LogP contribution is 2.17. The molecule has 0 fully saturated rings. The van der Waals surface area contributed by atoms with E-state index in [-0.39, 0.29) is 5.91 Å². The molecule has 0 saturated heterocycles. The third-order valence-electron chi connectivity index (χ3n) is 5.93. The fourth-order valence-corrected chi connectivity index (χ4v) is 4.41. The fraction of sp³-hybridized carbons (Fsp3) is 0.286. The Morgan fingerprint density at radius 2 is 1.81 bits per heavy atom. The standard InChI is InChI=1S/C28H32N4O3S/c1-4-21-9-5-7-18(2)25(21)27(36)32-24(28(34)35-3)16-19-10-12-22(13-11-19)31-26(33)23(29)15-20-8-6-14-30-17-20/h5-14,17,23-24H,4,15-16,29H2,1-3H3,(H,31,33)(H,32,36)/t23?,24-/m0/s1. The summed E-state index contributed by atoms with van der Waals surface area (Å²) in [5.41, 5.74) is 11.6. The number of rotatable bonds is 10. The highest BCUT2D eigenvalue weighted by molar-refractivity contribution is 7.80. The number of esters is 1. The van der Waals surface area contributed by atoms with Crippen molar-refractivity contribution in [1.29, 1.82) is 0 Å². The minimum atomic E-state index is -0.697. The normalized spacial score (nSPS) is 12.3. The number of carbonyl (C=O) groups excluding carboxylic acids is 2. The first kappa shape index (κ1) is 27.0. The van der Waals surface area contributed by atoms with Gasteiger partial charge in [-0.2, -0.15) is 0 Å². The second-order valence-electron chi connectivity index (χ2n) is 8.57. The van der Waals surface area contributed by atoms with Crippen LogP contribution in [0.2, 0.25) is 0 Å². The van der Waals surface area contributed by atoms with Crippen LogP contribution in [0, 0.1) is 6.92 Å². The topological polar surface area (TPSA) is 106 Å². The van der Waals surface area contributed by atoms with E-state index in [1.165, 1.54) is 7.11 Å². The maximum atomic E-state index is 12.5. The molecule has 0 saturated carbocycles. The quantitative estimate of drug-likeness (QED) is 0.287. The van der Waals surface area contributed by atoms with Crippen molar-refractivity contribution in [2.24, 2.45) is 5.73 Å². The second-order valence-corrected chi connectivity index (χ2v) is 8.98. The molecule has 3 rings (SSSR count). The third kappa shape index (κ3) is 7.19. The van der Waals surface area contributed by atoms with Gasteiger partial charge in [-0.3, -0.25) is 9.78 Å². The van der Waals surface area contributed by atoms with Crippen LogP contribution in [-0.2, 0) is 33.6 Å². The number of pyridine rings is 1. The van der Waals surface area contributed by atoms with E-state index >= 15 is 0 Å². The molecule has 0 aliphatic rings. The first-order chi connectivity index (χ1) is 17.3. The number of methoxy groups -OCH3 is 1. The lowest BCUT2D eigenvalue weighted by atomic mass is 9.99. The van der Waals surface area contributed by atoms with Crippen LogP contribution >= 0.6 is 12.2 Å². The predicted molar refractivity (Wildman–Crippen MR) is 146 cm³/mol. The first-order valence-corrected chi connectivity index (χ1v) is 12.2. The summed E-state index contributed by atoms with van der Waals surface area (Å²) in [5, 5.41) is 6.04. The number of anilines is 1. The lowest BCUT2D eigenvalue weighted by molar-refractivity contribution is -0.142. The molecule has 4 N–H and O–H groups in total. The molecule has 2 atom stereocenters. The molecule has 0 bridgehead atoms. The molecule has 1 amide bonds. The van der Waals surface area contributed by atoms with E-state index in [9.17, 15) is 9.59 Å². The largest absolute Gasteiger partial charge is 0.467 e. The summed E-state index contributed by atoms with van der Waals surface area (Å²) >= 11 is 5.68. The van der Waals surface area contributed by atoms with Gasteiger partial charge in [-0.05, 0) is 60.2 Å². The number of hydrogen-bond acceptors (Lipinski definition) is 6. The number of aryl methyl sites for hydroxylation is 2. The average molecular weight is 505 g/mol. The number of nitrogens with one attached hydrogen (secondary N) is 2. The molecular formula is C28H32N4O3S. The molecule has 8 heteroatoms. The van der Waals surface area contributed by atoms with Crippen LogP contribution in [0.4, 0.5) is 5.69 Å². The molecule has 1 unspecified atom stereocenters. The molecule has 1 aromatic heterocycles. The number of nitrogens with two attached hydrogens (primary N) is 1. The van der Waals surface area contributed by atoms with E-state index in [4.69, 9.17) is 22.7 Å². The van der Waals surface area contributed by atoms with Crippen molar-refractivity contribution < 1.29 is 14.3 Å². The van der Waals surface area contributed by atoms with E-state index in [1.54, 1.807) is 24.5 Å². The van der Waals surface area contributed by atoms with Crippen molar-refractivity contribution in [3.63, 3.8) is 0 Å². The van der Waals surface area contributed by atoms with Crippen LogP contribution in [0.5, 0.6) is 0 Å². The van der Waals surface area contributed by atoms with E-state index in [2.05, 4.69) is 22.5 Å². The zero-order chi connectivity index (χ0) is 26.1. The third-order valence-corrected chi connectivity index (χ3v) is 6.26. The van der Waals surface area contributed by atoms with Gasteiger partial charge in [0.15, 0.2) is 0 Å². The van der Waals surface area contributed by atoms with Crippen LogP contribution in [0.15, 0.2) is 67.0 Å². The number of ether oxygens (including phenoxy) is 1. The monoisotopic (exact) mass is 504 g/mol. The van der Waals surface area contributed by atoms with Gasteiger partial charge in [-0.1, -0.05) is 55.5 Å². The Morgan fingerprint density at radius 1 is 1.06 bits per heavy atom. The van der Waals surface area contributed by atoms with E-state index in [0.29, 0.717) is 23.5 Å². The molecule has 0 radical (unpaired) electrons. The van der Waals surface area contributed by atoms with Gasteiger partial charge in [0.2, 0.25) is 5.91 Å². The van der Waals surface area contributed by atoms with Crippen molar-refractivity contribution in [2.75, 3.05) is 12.4 Å². The zero-order valence-corrected chi connectivity index (χ0v) is 21.6. The number of nitrogens with zero attached hydrogens (tertiary/aromatic N) is 1. The van der Waals surface area contributed by atoms with E-state index < -0.39 is 18.1 Å². The fourth-order valence-electron chi connectivity index (χ4n) is 3.97. The van der Waals surface area contributed by atoms with Crippen LogP contribution in [0.3, 0.4) is 0 Å². The maximum Gasteiger partial charge on any atom is 0.328 e. The Kier molecular flexibility index (Phi) is 9.67. The van der Waals surface area contributed by atoms with Crippen molar-refractivity contribution >= 4 is 34.8 Å². The summed E-state index contributed by atoms with van der Waals surface area (Å²) in [4.78, 5) is 29.6. The lowest BCUT2D eigenvalue weighted by Gasteiger charge is -2.21. The molecule has 0 aliphatic carbocycles. The van der Waals surface area contributed by atoms with Crippen LogP contribution in [0.25, 0.3) is 0 Å². The molecule has 36 heavy (non-hydrogen) atoms. The molecule has 0 aliphatic heterocycles. The van der Waals surface area contributed by atoms with E-state index in [1.807, 2.05) is 49.4 Å². The molecule has 188 valence electrons. The highest BCUT2D eigenvalue weighted by atomic mass is 32.1. The molecular weight excluding hydrogens is 472 g/mol. The summed E-state index contributed by atoms with van der Waals surface area (Å²) in [7, 11) is 1.36. The lowest BCUT2D eigenvalue weighted by Crippen LogP contribution is -2.43. The number of thiocarbonyl (C=S) groups is 1. The van der Waals surface area contributed by atoms with Gasteiger partial charge in [0.25, 0.3) is 0 Å². The predicted octanol–water partition coefficient (Wildman–Crippen LogP) is 3.51. The van der Waals surface area contributed by atoms with Crippen LogP contribution in [-0.4, -0.2) is 41.0 Å². The Bertz CT molecular complexity index is 1200. The van der Waals surface area contributed by atoms with Crippen LogP contribution in [0.1, 0.15) is 34.7 Å². The number of hydrogen-bond donors (Lipinski definition) is 3. The summed E-state index contributed by atoms with van der Waals surface area (Å²) in [5.74, 6) is -0.682. The van der Waals surface area contributed by atoms with Crippen molar-refractivity contribution in [2.45, 2.75) is 45.2 Å². The minimum Gasteiger partial charge on any atom is -0.467 e. The second kappa shape index (κ2) is 12.9. The summed E-state index contributed by atoms with van der Waals surface area (Å²) < 4.78 is 5.02. The Morgan fingerprint density at radius 3 is 2.44 bits per heavy atom. The molecule has 7 nitrogen and oxygen atoms in total. The summed E-state index contributed by atoms with van der Waals surface area (Å²) in [6.07, 6.45) is 4.97. The smallest absolute Gasteiger partial charge is 0.328 e. The van der Waals surface area contributed by atoms with Gasteiger partial charge in [0, 0.05) is 30.1 Å². The van der Waals surface area contributed by atoms with Gasteiger partial charge >= 0.3 is 5.97 Å². The average Bonchev–Trinajstić information content (AvgIpc) is 2.89. The van der Waals surface area contributed by atoms with Gasteiger partial charge in [0.05, 0.1) is 13.2 Å².